The minimum atomic E-state index is -0.704. The van der Waals surface area contributed by atoms with Crippen LogP contribution < -0.4 is 0 Å². The number of aliphatic hydroxyl groups is 1. The molecule has 2 aliphatic heterocycles. The maximum absolute atomic E-state index is 12.7. The van der Waals surface area contributed by atoms with Crippen molar-refractivity contribution in [2.45, 2.75) is 44.4 Å². The Balaban J connectivity index is 1.60. The van der Waals surface area contributed by atoms with E-state index in [1.807, 2.05) is 44.3 Å². The summed E-state index contributed by atoms with van der Waals surface area (Å²) < 4.78 is 5.63. The molecule has 1 amide bonds. The smallest absolute Gasteiger partial charge is 0.236 e. The molecule has 0 aliphatic carbocycles. The predicted octanol–water partition coefficient (Wildman–Crippen LogP) is 1.90. The summed E-state index contributed by atoms with van der Waals surface area (Å²) in [6.07, 6.45) is 2.77. The first-order valence-electron chi connectivity index (χ1n) is 9.29. The Morgan fingerprint density at radius 2 is 2.16 bits per heavy atom. The van der Waals surface area contributed by atoms with E-state index in [1.54, 1.807) is 4.90 Å². The Labute approximate surface area is 150 Å². The number of likely N-dealkylation sites (N-methyl/N-ethyl adjacent to an activating group) is 1. The highest BCUT2D eigenvalue weighted by Crippen LogP contribution is 2.35. The molecule has 0 aromatic heterocycles. The Morgan fingerprint density at radius 1 is 1.40 bits per heavy atom. The van der Waals surface area contributed by atoms with Crippen molar-refractivity contribution in [2.24, 2.45) is 5.92 Å². The second-order valence-corrected chi connectivity index (χ2v) is 7.70. The number of carbonyl (C=O) groups excluding carboxylic acids is 1. The van der Waals surface area contributed by atoms with Gasteiger partial charge in [-0.3, -0.25) is 9.69 Å². The topological polar surface area (TPSA) is 53.0 Å². The molecule has 138 valence electrons. The Bertz CT molecular complexity index is 576. The number of hydrogen-bond acceptors (Lipinski definition) is 4. The summed E-state index contributed by atoms with van der Waals surface area (Å²) in [6.45, 7) is 5.09. The van der Waals surface area contributed by atoms with E-state index in [9.17, 15) is 9.90 Å². The zero-order valence-electron chi connectivity index (χ0n) is 15.4. The summed E-state index contributed by atoms with van der Waals surface area (Å²) in [5.41, 5.74) is 0.435. The summed E-state index contributed by atoms with van der Waals surface area (Å²) in [4.78, 5) is 16.7. The van der Waals surface area contributed by atoms with Gasteiger partial charge in [0.05, 0.1) is 18.8 Å². The molecule has 25 heavy (non-hydrogen) atoms. The Kier molecular flexibility index (Phi) is 5.77. The number of likely N-dealkylation sites (tertiary alicyclic amines) is 1. The molecule has 2 saturated heterocycles. The standard InChI is InChI=1S/C20H30N2O3/c1-20(24)10-12-25-15-17(20)18-9-6-11-22(18)14-19(23)21(2)13-16-7-4-3-5-8-16/h3-5,7-8,17-18,24H,6,9-15H2,1-2H3. The third-order valence-electron chi connectivity index (χ3n) is 5.75. The van der Waals surface area contributed by atoms with Gasteiger partial charge in [-0.2, -0.15) is 0 Å². The molecule has 5 nitrogen and oxygen atoms in total. The van der Waals surface area contributed by atoms with Gasteiger partial charge in [-0.1, -0.05) is 30.3 Å². The summed E-state index contributed by atoms with van der Waals surface area (Å²) >= 11 is 0. The first-order chi connectivity index (χ1) is 12.0. The third kappa shape index (κ3) is 4.40. The number of nitrogens with zero attached hydrogens (tertiary/aromatic N) is 2. The van der Waals surface area contributed by atoms with E-state index >= 15 is 0 Å². The Hall–Kier alpha value is -1.43. The van der Waals surface area contributed by atoms with E-state index < -0.39 is 5.60 Å². The highest BCUT2D eigenvalue weighted by atomic mass is 16.5. The van der Waals surface area contributed by atoms with Crippen LogP contribution in [0, 0.1) is 5.92 Å². The van der Waals surface area contributed by atoms with Gasteiger partial charge in [0.15, 0.2) is 0 Å². The van der Waals surface area contributed by atoms with Crippen LogP contribution in [0.5, 0.6) is 0 Å². The molecule has 0 saturated carbocycles. The van der Waals surface area contributed by atoms with Crippen molar-refractivity contribution in [1.29, 1.82) is 0 Å². The summed E-state index contributed by atoms with van der Waals surface area (Å²) in [5, 5.41) is 10.7. The van der Waals surface area contributed by atoms with Crippen LogP contribution in [0.25, 0.3) is 0 Å². The van der Waals surface area contributed by atoms with Gasteiger partial charge < -0.3 is 14.7 Å². The summed E-state index contributed by atoms with van der Waals surface area (Å²) in [6, 6.07) is 10.3. The average Bonchev–Trinajstić information content (AvgIpc) is 3.03. The lowest BCUT2D eigenvalue weighted by atomic mass is 9.79. The van der Waals surface area contributed by atoms with Crippen LogP contribution in [0.2, 0.25) is 0 Å². The molecule has 2 fully saturated rings. The van der Waals surface area contributed by atoms with Crippen molar-refractivity contribution >= 4 is 5.91 Å². The zero-order valence-corrected chi connectivity index (χ0v) is 15.4. The van der Waals surface area contributed by atoms with Crippen molar-refractivity contribution in [3.05, 3.63) is 35.9 Å². The van der Waals surface area contributed by atoms with Crippen molar-refractivity contribution in [2.75, 3.05) is 33.4 Å². The van der Waals surface area contributed by atoms with Crippen LogP contribution in [0.1, 0.15) is 31.7 Å². The van der Waals surface area contributed by atoms with E-state index in [0.29, 0.717) is 32.7 Å². The number of amides is 1. The van der Waals surface area contributed by atoms with E-state index in [1.165, 1.54) is 0 Å². The molecule has 5 heteroatoms. The molecule has 0 bridgehead atoms. The minimum Gasteiger partial charge on any atom is -0.390 e. The molecule has 3 unspecified atom stereocenters. The van der Waals surface area contributed by atoms with Gasteiger partial charge in [0.25, 0.3) is 0 Å². The fourth-order valence-electron chi connectivity index (χ4n) is 4.12. The van der Waals surface area contributed by atoms with Crippen LogP contribution >= 0.6 is 0 Å². The van der Waals surface area contributed by atoms with E-state index in [-0.39, 0.29) is 17.9 Å². The maximum atomic E-state index is 12.7. The van der Waals surface area contributed by atoms with Gasteiger partial charge in [0, 0.05) is 32.2 Å². The molecular weight excluding hydrogens is 316 g/mol. The highest BCUT2D eigenvalue weighted by molar-refractivity contribution is 5.78. The van der Waals surface area contributed by atoms with Gasteiger partial charge in [-0.05, 0) is 38.3 Å². The molecule has 2 aliphatic rings. The molecule has 0 spiro atoms. The number of carbonyl (C=O) groups is 1. The molecule has 1 aromatic rings. The average molecular weight is 346 g/mol. The lowest BCUT2D eigenvalue weighted by Crippen LogP contribution is -2.53. The first-order valence-corrected chi connectivity index (χ1v) is 9.29. The third-order valence-corrected chi connectivity index (χ3v) is 5.75. The highest BCUT2D eigenvalue weighted by Gasteiger charge is 2.44. The summed E-state index contributed by atoms with van der Waals surface area (Å²) in [5.74, 6) is 0.211. The molecule has 3 atom stereocenters. The van der Waals surface area contributed by atoms with Gasteiger partial charge >= 0.3 is 0 Å². The SMILES string of the molecule is CN(Cc1ccccc1)C(=O)CN1CCCC1C1COCCC1(C)O. The van der Waals surface area contributed by atoms with Crippen LogP contribution in [0.15, 0.2) is 30.3 Å². The van der Waals surface area contributed by atoms with Crippen molar-refractivity contribution in [1.82, 2.24) is 9.80 Å². The van der Waals surface area contributed by atoms with Gasteiger partial charge in [0.1, 0.15) is 0 Å². The number of ether oxygens (including phenoxy) is 1. The quantitative estimate of drug-likeness (QED) is 0.885. The lowest BCUT2D eigenvalue weighted by molar-refractivity contribution is -0.138. The zero-order chi connectivity index (χ0) is 17.9. The van der Waals surface area contributed by atoms with E-state index in [0.717, 1.165) is 24.9 Å². The van der Waals surface area contributed by atoms with Gasteiger partial charge in [0.2, 0.25) is 5.91 Å². The fraction of sp³-hybridized carbons (Fsp3) is 0.650. The largest absolute Gasteiger partial charge is 0.390 e. The van der Waals surface area contributed by atoms with Crippen LogP contribution in [-0.4, -0.2) is 65.8 Å². The maximum Gasteiger partial charge on any atom is 0.236 e. The summed E-state index contributed by atoms with van der Waals surface area (Å²) in [7, 11) is 1.86. The van der Waals surface area contributed by atoms with Gasteiger partial charge in [-0.25, -0.2) is 0 Å². The minimum absolute atomic E-state index is 0.0796. The van der Waals surface area contributed by atoms with Crippen LogP contribution in [0.4, 0.5) is 0 Å². The van der Waals surface area contributed by atoms with Crippen molar-refractivity contribution in [3.63, 3.8) is 0 Å². The molecule has 3 rings (SSSR count). The molecule has 1 aromatic carbocycles. The number of hydrogen-bond donors (Lipinski definition) is 1. The second-order valence-electron chi connectivity index (χ2n) is 7.70. The lowest BCUT2D eigenvalue weighted by Gasteiger charge is -2.43. The van der Waals surface area contributed by atoms with Crippen LogP contribution in [0.3, 0.4) is 0 Å². The first kappa shape index (κ1) is 18.4. The Morgan fingerprint density at radius 3 is 2.88 bits per heavy atom. The van der Waals surface area contributed by atoms with Crippen molar-refractivity contribution < 1.29 is 14.6 Å². The van der Waals surface area contributed by atoms with E-state index in [4.69, 9.17) is 4.74 Å². The monoisotopic (exact) mass is 346 g/mol. The van der Waals surface area contributed by atoms with Crippen LogP contribution in [-0.2, 0) is 16.1 Å². The molecule has 2 heterocycles. The van der Waals surface area contributed by atoms with Crippen molar-refractivity contribution in [3.8, 4) is 0 Å². The molecular formula is C20H30N2O3. The number of benzene rings is 1. The molecule has 1 N–H and O–H groups in total. The van der Waals surface area contributed by atoms with Gasteiger partial charge in [-0.15, -0.1) is 0 Å². The predicted molar refractivity (Wildman–Crippen MR) is 97.1 cm³/mol. The number of rotatable bonds is 5. The molecule has 0 radical (unpaired) electrons. The fourth-order valence-corrected chi connectivity index (χ4v) is 4.12. The van der Waals surface area contributed by atoms with E-state index in [2.05, 4.69) is 4.90 Å². The second kappa shape index (κ2) is 7.85. The normalized spacial score (nSPS) is 30.4.